The highest BCUT2D eigenvalue weighted by Gasteiger charge is 2.28. The molecule has 2 aromatic rings. The quantitative estimate of drug-likeness (QED) is 0.674. The van der Waals surface area contributed by atoms with Crippen molar-refractivity contribution in [1.82, 2.24) is 9.21 Å². The number of carbonyl (C=O) groups excluding carboxylic acids is 1. The van der Waals surface area contributed by atoms with Crippen LogP contribution in [-0.2, 0) is 10.0 Å². The van der Waals surface area contributed by atoms with Gasteiger partial charge in [-0.1, -0.05) is 19.1 Å². The van der Waals surface area contributed by atoms with Crippen LogP contribution in [0.3, 0.4) is 0 Å². The molecule has 162 valence electrons. The molecule has 0 aliphatic carbocycles. The van der Waals surface area contributed by atoms with E-state index in [0.29, 0.717) is 37.7 Å². The fraction of sp³-hybridized carbons (Fsp3) is 0.435. The first-order valence-electron chi connectivity index (χ1n) is 10.3. The minimum absolute atomic E-state index is 0.168. The molecule has 7 heteroatoms. The van der Waals surface area contributed by atoms with Gasteiger partial charge in [-0.2, -0.15) is 4.31 Å². The number of nitrogens with zero attached hydrogens (tertiary/aromatic N) is 2. The molecule has 1 aliphatic heterocycles. The average molecular weight is 431 g/mol. The third kappa shape index (κ3) is 5.40. The number of piperidine rings is 1. The maximum Gasteiger partial charge on any atom is 0.253 e. The number of hydrogen-bond acceptors (Lipinski definition) is 4. The van der Waals surface area contributed by atoms with E-state index in [0.717, 1.165) is 24.2 Å². The van der Waals surface area contributed by atoms with Gasteiger partial charge in [-0.3, -0.25) is 4.79 Å². The second kappa shape index (κ2) is 9.62. The molecule has 1 amide bonds. The van der Waals surface area contributed by atoms with Crippen LogP contribution in [-0.4, -0.2) is 56.8 Å². The zero-order chi connectivity index (χ0) is 21.7. The zero-order valence-corrected chi connectivity index (χ0v) is 18.7. The van der Waals surface area contributed by atoms with Crippen molar-refractivity contribution in [2.45, 2.75) is 31.6 Å². The molecular formula is C23H30N2O4S. The molecule has 0 unspecified atom stereocenters. The summed E-state index contributed by atoms with van der Waals surface area (Å²) < 4.78 is 32.9. The third-order valence-electron chi connectivity index (χ3n) is 5.51. The lowest BCUT2D eigenvalue weighted by Crippen LogP contribution is -2.37. The fourth-order valence-electron chi connectivity index (χ4n) is 3.47. The smallest absolute Gasteiger partial charge is 0.253 e. The van der Waals surface area contributed by atoms with Crippen LogP contribution in [0.5, 0.6) is 5.75 Å². The number of amides is 1. The monoisotopic (exact) mass is 430 g/mol. The Labute approximate surface area is 179 Å². The Hall–Kier alpha value is -2.38. The summed E-state index contributed by atoms with van der Waals surface area (Å²) in [5.41, 5.74) is 1.57. The van der Waals surface area contributed by atoms with Crippen molar-refractivity contribution in [3.05, 3.63) is 59.7 Å². The standard InChI is InChI=1S/C23H30N2O4S/c1-18-11-13-25(14-12-18)30(27,28)22-9-7-20(8-10-22)23(26)24(3)15-16-29-21-6-4-5-19(2)17-21/h4-10,17-18H,11-16H2,1-3H3. The summed E-state index contributed by atoms with van der Waals surface area (Å²) in [5, 5.41) is 0. The number of hydrogen-bond donors (Lipinski definition) is 0. The van der Waals surface area contributed by atoms with E-state index in [9.17, 15) is 13.2 Å². The largest absolute Gasteiger partial charge is 0.492 e. The summed E-state index contributed by atoms with van der Waals surface area (Å²) in [4.78, 5) is 14.5. The molecule has 0 aromatic heterocycles. The van der Waals surface area contributed by atoms with Crippen LogP contribution < -0.4 is 4.74 Å². The topological polar surface area (TPSA) is 66.9 Å². The summed E-state index contributed by atoms with van der Waals surface area (Å²) >= 11 is 0. The van der Waals surface area contributed by atoms with Crippen molar-refractivity contribution >= 4 is 15.9 Å². The summed E-state index contributed by atoms with van der Waals surface area (Å²) in [6.07, 6.45) is 1.76. The molecule has 3 rings (SSSR count). The number of ether oxygens (including phenoxy) is 1. The predicted octanol–water partition coefficient (Wildman–Crippen LogP) is 3.57. The van der Waals surface area contributed by atoms with E-state index in [1.54, 1.807) is 28.4 Å². The van der Waals surface area contributed by atoms with Crippen LogP contribution in [0.2, 0.25) is 0 Å². The van der Waals surface area contributed by atoms with E-state index >= 15 is 0 Å². The number of carbonyl (C=O) groups is 1. The van der Waals surface area contributed by atoms with Crippen molar-refractivity contribution in [2.24, 2.45) is 5.92 Å². The van der Waals surface area contributed by atoms with Gasteiger partial charge < -0.3 is 9.64 Å². The van der Waals surface area contributed by atoms with Crippen LogP contribution in [0.25, 0.3) is 0 Å². The lowest BCUT2D eigenvalue weighted by molar-refractivity contribution is 0.0773. The average Bonchev–Trinajstić information content (AvgIpc) is 2.73. The molecule has 1 saturated heterocycles. The molecule has 1 aliphatic rings. The van der Waals surface area contributed by atoms with E-state index in [2.05, 4.69) is 6.92 Å². The van der Waals surface area contributed by atoms with Crippen molar-refractivity contribution in [2.75, 3.05) is 33.3 Å². The van der Waals surface area contributed by atoms with Crippen molar-refractivity contribution in [3.8, 4) is 5.75 Å². The molecule has 0 spiro atoms. The molecule has 1 fully saturated rings. The van der Waals surface area contributed by atoms with Gasteiger partial charge in [0, 0.05) is 25.7 Å². The van der Waals surface area contributed by atoms with Gasteiger partial charge in [-0.05, 0) is 67.6 Å². The molecule has 2 aromatic carbocycles. The third-order valence-corrected chi connectivity index (χ3v) is 7.43. The van der Waals surface area contributed by atoms with Crippen LogP contribution in [0.4, 0.5) is 0 Å². The Morgan fingerprint density at radius 3 is 2.43 bits per heavy atom. The number of aryl methyl sites for hydroxylation is 1. The first-order chi connectivity index (χ1) is 14.3. The number of rotatable bonds is 7. The number of sulfonamides is 1. The van der Waals surface area contributed by atoms with Crippen molar-refractivity contribution in [3.63, 3.8) is 0 Å². The highest BCUT2D eigenvalue weighted by atomic mass is 32.2. The maximum atomic E-state index is 12.8. The van der Waals surface area contributed by atoms with Gasteiger partial charge in [0.1, 0.15) is 12.4 Å². The normalized spacial score (nSPS) is 15.7. The lowest BCUT2D eigenvalue weighted by atomic mass is 10.0. The van der Waals surface area contributed by atoms with Crippen molar-refractivity contribution in [1.29, 1.82) is 0 Å². The molecule has 0 radical (unpaired) electrons. The summed E-state index contributed by atoms with van der Waals surface area (Å²) in [7, 11) is -1.80. The highest BCUT2D eigenvalue weighted by molar-refractivity contribution is 7.89. The van der Waals surface area contributed by atoms with E-state index in [1.165, 1.54) is 12.1 Å². The Morgan fingerprint density at radius 2 is 1.80 bits per heavy atom. The van der Waals surface area contributed by atoms with Gasteiger partial charge in [0.2, 0.25) is 10.0 Å². The summed E-state index contributed by atoms with van der Waals surface area (Å²) in [6, 6.07) is 14.0. The van der Waals surface area contributed by atoms with Gasteiger partial charge in [-0.15, -0.1) is 0 Å². The Kier molecular flexibility index (Phi) is 7.15. The molecule has 0 atom stereocenters. The van der Waals surface area contributed by atoms with Gasteiger partial charge in [0.05, 0.1) is 11.4 Å². The molecular weight excluding hydrogens is 400 g/mol. The second-order valence-corrected chi connectivity index (χ2v) is 9.94. The van der Waals surface area contributed by atoms with Gasteiger partial charge in [0.25, 0.3) is 5.91 Å². The second-order valence-electron chi connectivity index (χ2n) is 8.00. The summed E-state index contributed by atoms with van der Waals surface area (Å²) in [6.45, 7) is 6.05. The van der Waals surface area contributed by atoms with Crippen LogP contribution in [0.1, 0.15) is 35.7 Å². The maximum absolute atomic E-state index is 12.8. The van der Waals surface area contributed by atoms with Crippen LogP contribution in [0, 0.1) is 12.8 Å². The lowest BCUT2D eigenvalue weighted by Gasteiger charge is -2.29. The van der Waals surface area contributed by atoms with E-state index in [-0.39, 0.29) is 10.8 Å². The molecule has 30 heavy (non-hydrogen) atoms. The Morgan fingerprint density at radius 1 is 1.13 bits per heavy atom. The zero-order valence-electron chi connectivity index (χ0n) is 17.9. The minimum atomic E-state index is -3.51. The minimum Gasteiger partial charge on any atom is -0.492 e. The Bertz CT molecular complexity index is 965. The van der Waals surface area contributed by atoms with E-state index in [1.807, 2.05) is 31.2 Å². The molecule has 0 saturated carbocycles. The SMILES string of the molecule is Cc1cccc(OCCN(C)C(=O)c2ccc(S(=O)(=O)N3CCC(C)CC3)cc2)c1. The van der Waals surface area contributed by atoms with Gasteiger partial charge >= 0.3 is 0 Å². The fourth-order valence-corrected chi connectivity index (χ4v) is 4.94. The number of likely N-dealkylation sites (N-methyl/N-ethyl adjacent to an activating group) is 1. The van der Waals surface area contributed by atoms with Gasteiger partial charge in [-0.25, -0.2) is 8.42 Å². The van der Waals surface area contributed by atoms with Crippen LogP contribution in [0.15, 0.2) is 53.4 Å². The first kappa shape index (κ1) is 22.3. The molecule has 1 heterocycles. The molecule has 6 nitrogen and oxygen atoms in total. The van der Waals surface area contributed by atoms with E-state index < -0.39 is 10.0 Å². The van der Waals surface area contributed by atoms with E-state index in [4.69, 9.17) is 4.74 Å². The molecule has 0 bridgehead atoms. The highest BCUT2D eigenvalue weighted by Crippen LogP contribution is 2.23. The first-order valence-corrected chi connectivity index (χ1v) is 11.8. The summed E-state index contributed by atoms with van der Waals surface area (Å²) in [5.74, 6) is 1.16. The number of benzene rings is 2. The van der Waals surface area contributed by atoms with Gasteiger partial charge in [0.15, 0.2) is 0 Å². The van der Waals surface area contributed by atoms with Crippen molar-refractivity contribution < 1.29 is 17.9 Å². The molecule has 0 N–H and O–H groups in total. The van der Waals surface area contributed by atoms with Crippen LogP contribution >= 0.6 is 0 Å². The Balaban J connectivity index is 1.57. The predicted molar refractivity (Wildman–Crippen MR) is 117 cm³/mol.